The van der Waals surface area contributed by atoms with Gasteiger partial charge in [-0.15, -0.1) is 0 Å². The fourth-order valence-corrected chi connectivity index (χ4v) is 3.19. The highest BCUT2D eigenvalue weighted by atomic mass is 79.9. The van der Waals surface area contributed by atoms with Crippen LogP contribution in [0.2, 0.25) is 0 Å². The van der Waals surface area contributed by atoms with Crippen molar-refractivity contribution in [1.29, 1.82) is 0 Å². The van der Waals surface area contributed by atoms with Gasteiger partial charge in [0.05, 0.1) is 4.92 Å². The lowest BCUT2D eigenvalue weighted by Gasteiger charge is -2.36. The Labute approximate surface area is 165 Å². The van der Waals surface area contributed by atoms with Crippen LogP contribution in [0.1, 0.15) is 5.56 Å². The Bertz CT molecular complexity index is 833. The highest BCUT2D eigenvalue weighted by molar-refractivity contribution is 9.10. The maximum atomic E-state index is 12.4. The average Bonchev–Trinajstić information content (AvgIpc) is 2.69. The molecule has 1 saturated heterocycles. The molecule has 0 aliphatic carbocycles. The lowest BCUT2D eigenvalue weighted by atomic mass is 10.2. The first-order valence-corrected chi connectivity index (χ1v) is 9.39. The van der Waals surface area contributed by atoms with Crippen LogP contribution in [0.25, 0.3) is 0 Å². The summed E-state index contributed by atoms with van der Waals surface area (Å²) in [7, 11) is 0. The van der Waals surface area contributed by atoms with Crippen molar-refractivity contribution in [3.8, 4) is 5.75 Å². The fraction of sp³-hybridized carbons (Fsp3) is 0.316. The molecule has 1 fully saturated rings. The van der Waals surface area contributed by atoms with Gasteiger partial charge in [-0.1, -0.05) is 15.9 Å². The van der Waals surface area contributed by atoms with E-state index in [1.807, 2.05) is 25.1 Å². The van der Waals surface area contributed by atoms with Crippen LogP contribution in [0.5, 0.6) is 5.75 Å². The smallest absolute Gasteiger partial charge is 0.269 e. The van der Waals surface area contributed by atoms with Crippen LogP contribution in [0.15, 0.2) is 46.9 Å². The molecule has 0 saturated carbocycles. The summed E-state index contributed by atoms with van der Waals surface area (Å²) in [5, 5.41) is 10.7. The fourth-order valence-electron chi connectivity index (χ4n) is 2.94. The van der Waals surface area contributed by atoms with Crippen LogP contribution in [0, 0.1) is 17.0 Å². The number of hydrogen-bond donors (Lipinski definition) is 0. The normalized spacial score (nSPS) is 14.1. The molecule has 1 heterocycles. The van der Waals surface area contributed by atoms with Gasteiger partial charge in [0, 0.05) is 48.5 Å². The third-order valence-electron chi connectivity index (χ3n) is 4.55. The maximum Gasteiger partial charge on any atom is 0.269 e. The monoisotopic (exact) mass is 433 g/mol. The summed E-state index contributed by atoms with van der Waals surface area (Å²) in [6.45, 7) is 4.54. The highest BCUT2D eigenvalue weighted by Gasteiger charge is 2.22. The van der Waals surface area contributed by atoms with Crippen LogP contribution in [0.3, 0.4) is 0 Å². The predicted octanol–water partition coefficient (Wildman–Crippen LogP) is 3.39. The van der Waals surface area contributed by atoms with Gasteiger partial charge in [0.2, 0.25) is 0 Å². The molecule has 1 aliphatic rings. The van der Waals surface area contributed by atoms with Crippen molar-refractivity contribution in [3.05, 3.63) is 62.6 Å². The van der Waals surface area contributed by atoms with Gasteiger partial charge in [-0.25, -0.2) is 0 Å². The number of non-ortho nitro benzene ring substituents is 1. The Kier molecular flexibility index (Phi) is 5.95. The van der Waals surface area contributed by atoms with E-state index in [0.717, 1.165) is 15.7 Å². The molecular formula is C19H20BrN3O4. The summed E-state index contributed by atoms with van der Waals surface area (Å²) in [6, 6.07) is 12.1. The molecule has 0 aromatic heterocycles. The topological polar surface area (TPSA) is 75.9 Å². The van der Waals surface area contributed by atoms with Crippen molar-refractivity contribution in [1.82, 2.24) is 4.90 Å². The number of rotatable bonds is 5. The molecule has 142 valence electrons. The Hall–Kier alpha value is -2.61. The SMILES string of the molecule is Cc1cc(OCC(=O)N2CCN(c3ccc([N+](=O)[O-])cc3)CC2)ccc1Br. The molecule has 3 rings (SSSR count). The van der Waals surface area contributed by atoms with E-state index in [1.54, 1.807) is 17.0 Å². The second-order valence-corrected chi connectivity index (χ2v) is 7.20. The number of amides is 1. The molecule has 7 nitrogen and oxygen atoms in total. The van der Waals surface area contributed by atoms with E-state index in [2.05, 4.69) is 20.8 Å². The molecule has 0 bridgehead atoms. The number of nitro benzene ring substituents is 1. The van der Waals surface area contributed by atoms with E-state index in [4.69, 9.17) is 4.74 Å². The van der Waals surface area contributed by atoms with Crippen molar-refractivity contribution in [3.63, 3.8) is 0 Å². The first-order chi connectivity index (χ1) is 12.9. The number of nitrogens with zero attached hydrogens (tertiary/aromatic N) is 3. The van der Waals surface area contributed by atoms with Crippen LogP contribution >= 0.6 is 15.9 Å². The number of anilines is 1. The standard InChI is InChI=1S/C19H20BrN3O4/c1-14-12-17(6-7-18(14)20)27-13-19(24)22-10-8-21(9-11-22)15-2-4-16(5-3-15)23(25)26/h2-7,12H,8-11,13H2,1H3. The molecule has 0 unspecified atom stereocenters. The largest absolute Gasteiger partial charge is 0.484 e. The Morgan fingerprint density at radius 1 is 1.15 bits per heavy atom. The molecule has 2 aromatic rings. The number of piperazine rings is 1. The van der Waals surface area contributed by atoms with Crippen LogP contribution in [-0.2, 0) is 4.79 Å². The molecule has 0 spiro atoms. The number of nitro groups is 1. The summed E-state index contributed by atoms with van der Waals surface area (Å²) < 4.78 is 6.62. The molecule has 0 N–H and O–H groups in total. The molecule has 0 radical (unpaired) electrons. The minimum Gasteiger partial charge on any atom is -0.484 e. The summed E-state index contributed by atoms with van der Waals surface area (Å²) in [4.78, 5) is 26.6. The predicted molar refractivity (Wildman–Crippen MR) is 106 cm³/mol. The number of ether oxygens (including phenoxy) is 1. The second-order valence-electron chi connectivity index (χ2n) is 6.34. The average molecular weight is 434 g/mol. The lowest BCUT2D eigenvalue weighted by molar-refractivity contribution is -0.384. The number of carbonyl (C=O) groups is 1. The molecule has 1 amide bonds. The zero-order valence-electron chi connectivity index (χ0n) is 14.9. The van der Waals surface area contributed by atoms with E-state index >= 15 is 0 Å². The van der Waals surface area contributed by atoms with E-state index in [0.29, 0.717) is 31.9 Å². The zero-order chi connectivity index (χ0) is 19.4. The molecule has 27 heavy (non-hydrogen) atoms. The maximum absolute atomic E-state index is 12.4. The minimum absolute atomic E-state index is 0.0125. The summed E-state index contributed by atoms with van der Waals surface area (Å²) in [5.41, 5.74) is 2.05. The number of benzene rings is 2. The third-order valence-corrected chi connectivity index (χ3v) is 5.44. The molecule has 0 atom stereocenters. The van der Waals surface area contributed by atoms with Crippen molar-refractivity contribution in [2.45, 2.75) is 6.92 Å². The molecular weight excluding hydrogens is 414 g/mol. The number of aryl methyl sites for hydroxylation is 1. The second kappa shape index (κ2) is 8.39. The summed E-state index contributed by atoms with van der Waals surface area (Å²) >= 11 is 3.44. The number of carbonyl (C=O) groups excluding carboxylic acids is 1. The Morgan fingerprint density at radius 3 is 2.41 bits per heavy atom. The summed E-state index contributed by atoms with van der Waals surface area (Å²) in [6.07, 6.45) is 0. The van der Waals surface area contributed by atoms with Gasteiger partial charge in [-0.05, 0) is 42.8 Å². The third kappa shape index (κ3) is 4.77. The van der Waals surface area contributed by atoms with Crippen LogP contribution in [-0.4, -0.2) is 48.5 Å². The van der Waals surface area contributed by atoms with Crippen LogP contribution in [0.4, 0.5) is 11.4 Å². The lowest BCUT2D eigenvalue weighted by Crippen LogP contribution is -2.50. The van der Waals surface area contributed by atoms with Gasteiger partial charge in [-0.2, -0.15) is 0 Å². The molecule has 8 heteroatoms. The first-order valence-electron chi connectivity index (χ1n) is 8.60. The minimum atomic E-state index is -0.409. The van der Waals surface area contributed by atoms with E-state index in [9.17, 15) is 14.9 Å². The van der Waals surface area contributed by atoms with Crippen molar-refractivity contribution in [2.75, 3.05) is 37.7 Å². The van der Waals surface area contributed by atoms with Crippen molar-refractivity contribution in [2.24, 2.45) is 0 Å². The quantitative estimate of drug-likeness (QED) is 0.533. The van der Waals surface area contributed by atoms with Crippen molar-refractivity contribution >= 4 is 33.2 Å². The Morgan fingerprint density at radius 2 is 1.81 bits per heavy atom. The highest BCUT2D eigenvalue weighted by Crippen LogP contribution is 2.22. The molecule has 1 aliphatic heterocycles. The number of halogens is 1. The zero-order valence-corrected chi connectivity index (χ0v) is 16.5. The Balaban J connectivity index is 1.50. The van der Waals surface area contributed by atoms with Crippen molar-refractivity contribution < 1.29 is 14.5 Å². The van der Waals surface area contributed by atoms with Crippen LogP contribution < -0.4 is 9.64 Å². The molecule has 2 aromatic carbocycles. The van der Waals surface area contributed by atoms with Gasteiger partial charge >= 0.3 is 0 Å². The van der Waals surface area contributed by atoms with Gasteiger partial charge in [-0.3, -0.25) is 14.9 Å². The first kappa shape index (κ1) is 19.2. The van der Waals surface area contributed by atoms with E-state index in [1.165, 1.54) is 12.1 Å². The van der Waals surface area contributed by atoms with E-state index < -0.39 is 4.92 Å². The number of hydrogen-bond acceptors (Lipinski definition) is 5. The van der Waals surface area contributed by atoms with Gasteiger partial charge in [0.1, 0.15) is 5.75 Å². The van der Waals surface area contributed by atoms with Gasteiger partial charge < -0.3 is 14.5 Å². The van der Waals surface area contributed by atoms with Gasteiger partial charge in [0.25, 0.3) is 11.6 Å². The summed E-state index contributed by atoms with van der Waals surface area (Å²) in [5.74, 6) is 0.632. The van der Waals surface area contributed by atoms with E-state index in [-0.39, 0.29) is 18.2 Å². The van der Waals surface area contributed by atoms with Gasteiger partial charge in [0.15, 0.2) is 6.61 Å².